The van der Waals surface area contributed by atoms with Crippen LogP contribution in [0.4, 0.5) is 11.5 Å². The van der Waals surface area contributed by atoms with Crippen LogP contribution in [-0.4, -0.2) is 21.7 Å². The van der Waals surface area contributed by atoms with Crippen molar-refractivity contribution in [2.45, 2.75) is 6.42 Å². The summed E-state index contributed by atoms with van der Waals surface area (Å²) >= 11 is 0. The number of pyridine rings is 1. The lowest BCUT2D eigenvalue weighted by molar-refractivity contribution is 0.379. The molecule has 0 spiro atoms. The van der Waals surface area contributed by atoms with E-state index in [1.807, 2.05) is 6.07 Å². The van der Waals surface area contributed by atoms with Crippen LogP contribution >= 0.6 is 0 Å². The molecule has 3 N–H and O–H groups in total. The Morgan fingerprint density at radius 3 is 2.93 bits per heavy atom. The summed E-state index contributed by atoms with van der Waals surface area (Å²) in [5.41, 5.74) is 6.16. The van der Waals surface area contributed by atoms with Crippen molar-refractivity contribution >= 4 is 11.5 Å². The summed E-state index contributed by atoms with van der Waals surface area (Å²) in [6, 6.07) is 3.62. The van der Waals surface area contributed by atoms with E-state index in [2.05, 4.69) is 20.4 Å². The number of nitrogens with zero attached hydrogens (tertiary/aromatic N) is 3. The lowest BCUT2D eigenvalue weighted by Gasteiger charge is -2.02. The van der Waals surface area contributed by atoms with E-state index in [1.165, 1.54) is 6.33 Å². The van der Waals surface area contributed by atoms with Crippen molar-refractivity contribution in [1.82, 2.24) is 15.1 Å². The number of nitrogens with two attached hydrogens (primary N) is 1. The zero-order valence-electron chi connectivity index (χ0n) is 8.05. The lowest BCUT2D eigenvalue weighted by atomic mass is 10.4. The van der Waals surface area contributed by atoms with Gasteiger partial charge in [0.1, 0.15) is 5.82 Å². The van der Waals surface area contributed by atoms with E-state index < -0.39 is 0 Å². The number of hydrogen-bond acceptors (Lipinski definition) is 6. The minimum absolute atomic E-state index is 0.609. The summed E-state index contributed by atoms with van der Waals surface area (Å²) in [7, 11) is 0. The first-order valence-corrected chi connectivity index (χ1v) is 4.55. The molecule has 6 heteroatoms. The molecule has 0 radical (unpaired) electrons. The summed E-state index contributed by atoms with van der Waals surface area (Å²) < 4.78 is 4.85. The highest BCUT2D eigenvalue weighted by Gasteiger charge is 1.98. The van der Waals surface area contributed by atoms with Gasteiger partial charge >= 0.3 is 0 Å². The molecule has 2 heterocycles. The fourth-order valence-electron chi connectivity index (χ4n) is 1.11. The Hall–Kier alpha value is -2.11. The topological polar surface area (TPSA) is 89.9 Å². The Kier molecular flexibility index (Phi) is 2.77. The van der Waals surface area contributed by atoms with E-state index in [4.69, 9.17) is 10.3 Å². The largest absolute Gasteiger partial charge is 0.397 e. The van der Waals surface area contributed by atoms with E-state index in [-0.39, 0.29) is 0 Å². The van der Waals surface area contributed by atoms with Gasteiger partial charge in [-0.05, 0) is 12.1 Å². The second-order valence-electron chi connectivity index (χ2n) is 2.99. The highest BCUT2D eigenvalue weighted by atomic mass is 16.5. The molecule has 0 amide bonds. The molecule has 78 valence electrons. The fraction of sp³-hybridized carbons (Fsp3) is 0.222. The van der Waals surface area contributed by atoms with Crippen LogP contribution in [0.15, 0.2) is 29.2 Å². The molecule has 6 nitrogen and oxygen atoms in total. The molecule has 0 fully saturated rings. The summed E-state index contributed by atoms with van der Waals surface area (Å²) in [5, 5.41) is 6.63. The van der Waals surface area contributed by atoms with E-state index >= 15 is 0 Å². The van der Waals surface area contributed by atoms with Crippen molar-refractivity contribution in [3.8, 4) is 0 Å². The van der Waals surface area contributed by atoms with Crippen molar-refractivity contribution in [3.63, 3.8) is 0 Å². The Morgan fingerprint density at radius 2 is 2.27 bits per heavy atom. The van der Waals surface area contributed by atoms with Gasteiger partial charge in [-0.3, -0.25) is 0 Å². The van der Waals surface area contributed by atoms with Crippen LogP contribution in [0, 0.1) is 0 Å². The maximum absolute atomic E-state index is 5.51. The summed E-state index contributed by atoms with van der Waals surface area (Å²) in [6.45, 7) is 0.694. The summed E-state index contributed by atoms with van der Waals surface area (Å²) in [5.74, 6) is 1.39. The second kappa shape index (κ2) is 4.41. The van der Waals surface area contributed by atoms with Gasteiger partial charge in [-0.15, -0.1) is 0 Å². The zero-order chi connectivity index (χ0) is 10.5. The molecule has 0 bridgehead atoms. The Morgan fingerprint density at radius 1 is 1.33 bits per heavy atom. The lowest BCUT2D eigenvalue weighted by Crippen LogP contribution is -2.06. The third-order valence-electron chi connectivity index (χ3n) is 1.84. The van der Waals surface area contributed by atoms with Crippen LogP contribution in [-0.2, 0) is 6.42 Å². The maximum atomic E-state index is 5.51. The predicted molar refractivity (Wildman–Crippen MR) is 55.1 cm³/mol. The molecular formula is C9H11N5O. The average Bonchev–Trinajstić information content (AvgIpc) is 2.74. The number of nitrogen functional groups attached to an aromatic ring is 1. The van der Waals surface area contributed by atoms with Gasteiger partial charge in [0.2, 0.25) is 5.89 Å². The van der Waals surface area contributed by atoms with Crippen molar-refractivity contribution in [2.24, 2.45) is 0 Å². The average molecular weight is 205 g/mol. The summed E-state index contributed by atoms with van der Waals surface area (Å²) in [6.07, 6.45) is 3.66. The van der Waals surface area contributed by atoms with Gasteiger partial charge < -0.3 is 15.6 Å². The molecular weight excluding hydrogens is 194 g/mol. The van der Waals surface area contributed by atoms with Gasteiger partial charge in [0.15, 0.2) is 6.33 Å². The smallest absolute Gasteiger partial charge is 0.228 e. The van der Waals surface area contributed by atoms with Crippen molar-refractivity contribution < 1.29 is 4.52 Å². The Balaban J connectivity index is 1.81. The quantitative estimate of drug-likeness (QED) is 0.763. The number of nitrogens with one attached hydrogen (secondary N) is 1. The van der Waals surface area contributed by atoms with Gasteiger partial charge in [0.05, 0.1) is 11.9 Å². The Bertz CT molecular complexity index is 397. The molecule has 15 heavy (non-hydrogen) atoms. The maximum Gasteiger partial charge on any atom is 0.228 e. The number of hydrogen-bond donors (Lipinski definition) is 2. The molecule has 0 unspecified atom stereocenters. The van der Waals surface area contributed by atoms with Crippen molar-refractivity contribution in [3.05, 3.63) is 30.5 Å². The van der Waals surface area contributed by atoms with Crippen LogP contribution in [0.25, 0.3) is 0 Å². The van der Waals surface area contributed by atoms with Crippen LogP contribution in [0.3, 0.4) is 0 Å². The third kappa shape index (κ3) is 2.67. The highest BCUT2D eigenvalue weighted by Crippen LogP contribution is 2.05. The molecule has 2 aromatic heterocycles. The first-order valence-electron chi connectivity index (χ1n) is 4.55. The number of rotatable bonds is 4. The van der Waals surface area contributed by atoms with Crippen LogP contribution in [0.1, 0.15) is 5.89 Å². The minimum Gasteiger partial charge on any atom is -0.397 e. The molecule has 0 aliphatic heterocycles. The van der Waals surface area contributed by atoms with Crippen LogP contribution in [0.5, 0.6) is 0 Å². The van der Waals surface area contributed by atoms with Gasteiger partial charge in [0, 0.05) is 13.0 Å². The molecule has 0 aliphatic carbocycles. The first kappa shape index (κ1) is 9.45. The van der Waals surface area contributed by atoms with E-state index in [9.17, 15) is 0 Å². The van der Waals surface area contributed by atoms with E-state index in [0.29, 0.717) is 24.5 Å². The van der Waals surface area contributed by atoms with Gasteiger partial charge in [-0.1, -0.05) is 5.16 Å². The number of anilines is 2. The van der Waals surface area contributed by atoms with E-state index in [1.54, 1.807) is 12.3 Å². The molecule has 0 aromatic carbocycles. The molecule has 0 saturated heterocycles. The normalized spacial score (nSPS) is 10.1. The van der Waals surface area contributed by atoms with Gasteiger partial charge in [0.25, 0.3) is 0 Å². The third-order valence-corrected chi connectivity index (χ3v) is 1.84. The minimum atomic E-state index is 0.609. The first-order chi connectivity index (χ1) is 7.34. The van der Waals surface area contributed by atoms with Crippen LogP contribution < -0.4 is 11.1 Å². The molecule has 2 aromatic rings. The molecule has 0 atom stereocenters. The zero-order valence-corrected chi connectivity index (χ0v) is 8.05. The SMILES string of the molecule is Nc1ccc(NCCc2ncno2)nc1. The van der Waals surface area contributed by atoms with Crippen LogP contribution in [0.2, 0.25) is 0 Å². The molecule has 2 rings (SSSR count). The number of aromatic nitrogens is 3. The molecule has 0 saturated carbocycles. The highest BCUT2D eigenvalue weighted by molar-refractivity contribution is 5.43. The second-order valence-corrected chi connectivity index (χ2v) is 2.99. The van der Waals surface area contributed by atoms with Gasteiger partial charge in [-0.25, -0.2) is 4.98 Å². The monoisotopic (exact) mass is 205 g/mol. The molecule has 0 aliphatic rings. The Labute approximate surface area is 86.5 Å². The fourth-order valence-corrected chi connectivity index (χ4v) is 1.11. The van der Waals surface area contributed by atoms with Crippen molar-refractivity contribution in [2.75, 3.05) is 17.6 Å². The standard InChI is InChI=1S/C9H11N5O/c10-7-1-2-8(12-5-7)11-4-3-9-13-6-14-15-9/h1-2,5-6H,3-4,10H2,(H,11,12). The van der Waals surface area contributed by atoms with Gasteiger partial charge in [-0.2, -0.15) is 4.98 Å². The predicted octanol–water partition coefficient (Wildman–Crippen LogP) is 0.701. The van der Waals surface area contributed by atoms with Crippen molar-refractivity contribution in [1.29, 1.82) is 0 Å². The van der Waals surface area contributed by atoms with E-state index in [0.717, 1.165) is 5.82 Å². The summed E-state index contributed by atoms with van der Waals surface area (Å²) in [4.78, 5) is 8.00.